The molecule has 0 saturated heterocycles. The van der Waals surface area contributed by atoms with Crippen molar-refractivity contribution in [3.8, 4) is 17.9 Å². The topological polar surface area (TPSA) is 44.0 Å². The van der Waals surface area contributed by atoms with Crippen molar-refractivity contribution < 1.29 is 9.50 Å². The minimum Gasteiger partial charge on any atom is -0.392 e. The van der Waals surface area contributed by atoms with Crippen LogP contribution < -0.4 is 0 Å². The average molecular weight is 189 g/mol. The van der Waals surface area contributed by atoms with Gasteiger partial charge in [-0.05, 0) is 17.7 Å². The van der Waals surface area contributed by atoms with Crippen LogP contribution in [0.25, 0.3) is 0 Å². The van der Waals surface area contributed by atoms with Crippen LogP contribution in [0.5, 0.6) is 0 Å². The third kappa shape index (κ3) is 2.58. The van der Waals surface area contributed by atoms with Crippen LogP contribution in [-0.2, 0) is 6.61 Å². The van der Waals surface area contributed by atoms with E-state index in [0.29, 0.717) is 11.1 Å². The maximum atomic E-state index is 12.8. The van der Waals surface area contributed by atoms with Gasteiger partial charge in [-0.15, -0.1) is 0 Å². The lowest BCUT2D eigenvalue weighted by Crippen LogP contribution is -1.90. The molecule has 1 N–H and O–H groups in total. The summed E-state index contributed by atoms with van der Waals surface area (Å²) in [4.78, 5) is 0. The summed E-state index contributed by atoms with van der Waals surface area (Å²) in [5, 5.41) is 17.2. The molecule has 0 aliphatic rings. The predicted octanol–water partition coefficient (Wildman–Crippen LogP) is 1.58. The molecule has 1 aromatic carbocycles. The van der Waals surface area contributed by atoms with Gasteiger partial charge in [-0.3, -0.25) is 0 Å². The monoisotopic (exact) mass is 189 g/mol. The van der Waals surface area contributed by atoms with Crippen molar-refractivity contribution in [1.82, 2.24) is 0 Å². The highest BCUT2D eigenvalue weighted by Gasteiger charge is 1.99. The SMILES string of the molecule is N#CCC#Cc1cc(F)ccc1CO. The molecule has 0 bridgehead atoms. The van der Waals surface area contributed by atoms with Crippen molar-refractivity contribution in [3.05, 3.63) is 35.1 Å². The van der Waals surface area contributed by atoms with Crippen LogP contribution in [0, 0.1) is 29.0 Å². The number of hydrogen-bond donors (Lipinski definition) is 1. The first kappa shape index (κ1) is 10.2. The lowest BCUT2D eigenvalue weighted by atomic mass is 10.1. The van der Waals surface area contributed by atoms with Gasteiger partial charge in [0.2, 0.25) is 0 Å². The smallest absolute Gasteiger partial charge is 0.124 e. The summed E-state index contributed by atoms with van der Waals surface area (Å²) in [5.41, 5.74) is 1.000. The Labute approximate surface area is 81.6 Å². The lowest BCUT2D eigenvalue weighted by molar-refractivity contribution is 0.281. The fourth-order valence-electron chi connectivity index (χ4n) is 0.982. The molecule has 3 heteroatoms. The van der Waals surface area contributed by atoms with E-state index in [1.165, 1.54) is 18.2 Å². The van der Waals surface area contributed by atoms with E-state index in [9.17, 15) is 4.39 Å². The zero-order chi connectivity index (χ0) is 10.4. The molecule has 0 aliphatic carbocycles. The summed E-state index contributed by atoms with van der Waals surface area (Å²) >= 11 is 0. The zero-order valence-electron chi connectivity index (χ0n) is 7.42. The quantitative estimate of drug-likeness (QED) is 0.681. The van der Waals surface area contributed by atoms with Crippen LogP contribution in [0.1, 0.15) is 17.5 Å². The largest absolute Gasteiger partial charge is 0.392 e. The predicted molar refractivity (Wildman–Crippen MR) is 49.4 cm³/mol. The summed E-state index contributed by atoms with van der Waals surface area (Å²) in [6, 6.07) is 5.85. The van der Waals surface area contributed by atoms with Gasteiger partial charge >= 0.3 is 0 Å². The van der Waals surface area contributed by atoms with E-state index >= 15 is 0 Å². The van der Waals surface area contributed by atoms with Crippen LogP contribution in [0.4, 0.5) is 4.39 Å². The molecular formula is C11H8FNO. The van der Waals surface area contributed by atoms with Gasteiger partial charge in [-0.25, -0.2) is 4.39 Å². The molecule has 0 aliphatic heterocycles. The molecular weight excluding hydrogens is 181 g/mol. The second-order valence-electron chi connectivity index (χ2n) is 2.60. The molecule has 0 fully saturated rings. The Bertz CT molecular complexity index is 423. The molecule has 0 heterocycles. The molecule has 0 saturated carbocycles. The Morgan fingerprint density at radius 2 is 2.21 bits per heavy atom. The Balaban J connectivity index is 3.02. The Morgan fingerprint density at radius 1 is 1.43 bits per heavy atom. The molecule has 70 valence electrons. The minimum absolute atomic E-state index is 0.0986. The van der Waals surface area contributed by atoms with Crippen LogP contribution in [0.3, 0.4) is 0 Å². The highest BCUT2D eigenvalue weighted by molar-refractivity contribution is 5.41. The van der Waals surface area contributed by atoms with E-state index < -0.39 is 5.82 Å². The normalized spacial score (nSPS) is 8.64. The van der Waals surface area contributed by atoms with Gasteiger partial charge in [0.1, 0.15) is 5.82 Å². The molecule has 2 nitrogen and oxygen atoms in total. The second-order valence-corrected chi connectivity index (χ2v) is 2.60. The third-order valence-electron chi connectivity index (χ3n) is 1.63. The van der Waals surface area contributed by atoms with E-state index in [0.717, 1.165) is 0 Å². The van der Waals surface area contributed by atoms with Crippen molar-refractivity contribution in [2.75, 3.05) is 0 Å². The van der Waals surface area contributed by atoms with E-state index in [4.69, 9.17) is 10.4 Å². The van der Waals surface area contributed by atoms with Crippen molar-refractivity contribution in [3.63, 3.8) is 0 Å². The minimum atomic E-state index is -0.400. The maximum absolute atomic E-state index is 12.8. The first-order chi connectivity index (χ1) is 6.77. The van der Waals surface area contributed by atoms with Gasteiger partial charge in [0.05, 0.1) is 19.1 Å². The standard InChI is InChI=1S/C11H8FNO/c12-11-5-4-10(8-14)9(7-11)3-1-2-6-13/h4-5,7,14H,2,8H2. The van der Waals surface area contributed by atoms with Crippen molar-refractivity contribution >= 4 is 0 Å². The average Bonchev–Trinajstić information content (AvgIpc) is 2.19. The summed E-state index contributed by atoms with van der Waals surface area (Å²) < 4.78 is 12.8. The number of aliphatic hydroxyl groups excluding tert-OH is 1. The molecule has 1 aromatic rings. The van der Waals surface area contributed by atoms with Crippen LogP contribution in [-0.4, -0.2) is 5.11 Å². The number of hydrogen-bond acceptors (Lipinski definition) is 2. The Hall–Kier alpha value is -1.84. The Kier molecular flexibility index (Phi) is 3.67. The van der Waals surface area contributed by atoms with Gasteiger partial charge in [0.25, 0.3) is 0 Å². The maximum Gasteiger partial charge on any atom is 0.124 e. The van der Waals surface area contributed by atoms with Gasteiger partial charge < -0.3 is 5.11 Å². The number of halogens is 1. The van der Waals surface area contributed by atoms with Gasteiger partial charge in [-0.1, -0.05) is 17.9 Å². The number of aliphatic hydroxyl groups is 1. The van der Waals surface area contributed by atoms with Gasteiger partial charge in [0.15, 0.2) is 0 Å². The fourth-order valence-corrected chi connectivity index (χ4v) is 0.982. The lowest BCUT2D eigenvalue weighted by Gasteiger charge is -1.99. The molecule has 0 radical (unpaired) electrons. The first-order valence-electron chi connectivity index (χ1n) is 4.03. The summed E-state index contributed by atoms with van der Waals surface area (Å²) in [5.74, 6) is 4.80. The summed E-state index contributed by atoms with van der Waals surface area (Å²) in [6.07, 6.45) is 0.0986. The molecule has 0 amide bonds. The molecule has 0 aromatic heterocycles. The first-order valence-corrected chi connectivity index (χ1v) is 4.03. The zero-order valence-corrected chi connectivity index (χ0v) is 7.42. The molecule has 0 spiro atoms. The van der Waals surface area contributed by atoms with Crippen LogP contribution in [0.15, 0.2) is 18.2 Å². The van der Waals surface area contributed by atoms with E-state index in [-0.39, 0.29) is 13.0 Å². The van der Waals surface area contributed by atoms with E-state index in [1.807, 2.05) is 6.07 Å². The highest BCUT2D eigenvalue weighted by Crippen LogP contribution is 2.09. The highest BCUT2D eigenvalue weighted by atomic mass is 19.1. The van der Waals surface area contributed by atoms with Gasteiger partial charge in [0, 0.05) is 5.56 Å². The number of nitriles is 1. The third-order valence-corrected chi connectivity index (χ3v) is 1.63. The van der Waals surface area contributed by atoms with Crippen molar-refractivity contribution in [1.29, 1.82) is 5.26 Å². The second kappa shape index (κ2) is 5.01. The van der Waals surface area contributed by atoms with Crippen LogP contribution >= 0.6 is 0 Å². The summed E-state index contributed by atoms with van der Waals surface area (Å²) in [6.45, 7) is -0.184. The fraction of sp³-hybridized carbons (Fsp3) is 0.182. The Morgan fingerprint density at radius 3 is 2.86 bits per heavy atom. The van der Waals surface area contributed by atoms with E-state index in [2.05, 4.69) is 11.8 Å². The molecule has 14 heavy (non-hydrogen) atoms. The molecule has 0 unspecified atom stereocenters. The molecule has 0 atom stereocenters. The summed E-state index contributed by atoms with van der Waals surface area (Å²) in [7, 11) is 0. The van der Waals surface area contributed by atoms with Gasteiger partial charge in [-0.2, -0.15) is 5.26 Å². The molecule has 1 rings (SSSR count). The van der Waals surface area contributed by atoms with Crippen molar-refractivity contribution in [2.24, 2.45) is 0 Å². The van der Waals surface area contributed by atoms with Crippen LogP contribution in [0.2, 0.25) is 0 Å². The van der Waals surface area contributed by atoms with E-state index in [1.54, 1.807) is 0 Å². The number of nitrogens with zero attached hydrogens (tertiary/aromatic N) is 1. The number of rotatable bonds is 1. The number of benzene rings is 1. The van der Waals surface area contributed by atoms with Crippen molar-refractivity contribution in [2.45, 2.75) is 13.0 Å².